The monoisotopic (exact) mass is 396 g/mol. The minimum atomic E-state index is -0.369. The molecule has 148 valence electrons. The minimum absolute atomic E-state index is 0.0331. The van der Waals surface area contributed by atoms with E-state index in [1.54, 1.807) is 11.3 Å². The lowest BCUT2D eigenvalue weighted by atomic mass is 9.80. The number of benzene rings is 1. The van der Waals surface area contributed by atoms with Gasteiger partial charge in [-0.25, -0.2) is 0 Å². The number of nitrogens with zero attached hydrogens (tertiary/aromatic N) is 1. The van der Waals surface area contributed by atoms with Gasteiger partial charge >= 0.3 is 0 Å². The van der Waals surface area contributed by atoms with E-state index >= 15 is 0 Å². The molecule has 2 aliphatic rings. The van der Waals surface area contributed by atoms with E-state index < -0.39 is 0 Å². The summed E-state index contributed by atoms with van der Waals surface area (Å²) in [4.78, 5) is 29.8. The molecule has 2 amide bonds. The van der Waals surface area contributed by atoms with Gasteiger partial charge in [-0.15, -0.1) is 11.3 Å². The zero-order chi connectivity index (χ0) is 19.7. The zero-order valence-corrected chi connectivity index (χ0v) is 17.4. The van der Waals surface area contributed by atoms with E-state index in [1.165, 1.54) is 19.3 Å². The van der Waals surface area contributed by atoms with Crippen LogP contribution in [0.3, 0.4) is 0 Å². The number of carbonyl (C=O) groups excluding carboxylic acids is 2. The predicted molar refractivity (Wildman–Crippen MR) is 112 cm³/mol. The first kappa shape index (κ1) is 19.2. The lowest BCUT2D eigenvalue weighted by Gasteiger charge is -2.42. The molecule has 2 aromatic rings. The summed E-state index contributed by atoms with van der Waals surface area (Å²) in [6.07, 6.45) is 3.67. The first-order chi connectivity index (χ1) is 13.6. The van der Waals surface area contributed by atoms with Gasteiger partial charge in [-0.2, -0.15) is 0 Å². The largest absolute Gasteiger partial charge is 0.355 e. The lowest BCUT2D eigenvalue weighted by Crippen LogP contribution is -2.49. The van der Waals surface area contributed by atoms with Crippen molar-refractivity contribution in [3.05, 3.63) is 57.8 Å². The molecule has 2 atom stereocenters. The van der Waals surface area contributed by atoms with Crippen LogP contribution in [0, 0.1) is 11.8 Å². The number of hydrogen-bond acceptors (Lipinski definition) is 3. The minimum Gasteiger partial charge on any atom is -0.355 e. The van der Waals surface area contributed by atoms with Crippen LogP contribution in [-0.2, 0) is 4.79 Å². The molecule has 2 heterocycles. The van der Waals surface area contributed by atoms with E-state index in [1.807, 2.05) is 40.6 Å². The summed E-state index contributed by atoms with van der Waals surface area (Å²) in [6.45, 7) is 5.62. The van der Waals surface area contributed by atoms with Gasteiger partial charge in [0.2, 0.25) is 5.91 Å². The van der Waals surface area contributed by atoms with E-state index in [4.69, 9.17) is 0 Å². The average Bonchev–Trinajstić information content (AvgIpc) is 3.16. The highest BCUT2D eigenvalue weighted by molar-refractivity contribution is 7.10. The Balaban J connectivity index is 1.74. The fourth-order valence-corrected chi connectivity index (χ4v) is 5.17. The molecule has 0 radical (unpaired) electrons. The number of nitrogens with one attached hydrogen (secondary N) is 1. The van der Waals surface area contributed by atoms with Crippen LogP contribution in [0.15, 0.2) is 41.8 Å². The number of amides is 2. The van der Waals surface area contributed by atoms with Crippen molar-refractivity contribution < 1.29 is 9.59 Å². The third-order valence-electron chi connectivity index (χ3n) is 5.91. The van der Waals surface area contributed by atoms with Crippen LogP contribution < -0.4 is 5.32 Å². The third kappa shape index (κ3) is 3.60. The zero-order valence-electron chi connectivity index (χ0n) is 16.6. The Morgan fingerprint density at radius 1 is 1.21 bits per heavy atom. The van der Waals surface area contributed by atoms with E-state index in [2.05, 4.69) is 25.2 Å². The highest BCUT2D eigenvalue weighted by Gasteiger charge is 2.44. The number of hydrogen-bond donors (Lipinski definition) is 1. The van der Waals surface area contributed by atoms with Crippen LogP contribution in [0.5, 0.6) is 0 Å². The van der Waals surface area contributed by atoms with Gasteiger partial charge in [-0.05, 0) is 47.8 Å². The molecule has 5 heteroatoms. The Labute approximate surface area is 170 Å². The predicted octanol–water partition coefficient (Wildman–Crippen LogP) is 4.60. The standard InChI is InChI=1S/C23H28N2O2S/c1-15(2)14-25-21(19-11-6-12-28-19)20(22(26)24-13-16-7-5-8-16)17-9-3-4-10-18(17)23(25)27/h3-4,6,9-12,15-16,20-21H,5,7-8,13-14H2,1-2H3,(H,24,26)/t20-,21+/m0/s1. The molecule has 28 heavy (non-hydrogen) atoms. The Morgan fingerprint density at radius 2 is 2.00 bits per heavy atom. The molecular formula is C23H28N2O2S. The molecular weight excluding hydrogens is 368 g/mol. The van der Waals surface area contributed by atoms with Crippen LogP contribution in [0.2, 0.25) is 0 Å². The summed E-state index contributed by atoms with van der Waals surface area (Å²) in [6, 6.07) is 11.4. The van der Waals surface area contributed by atoms with Gasteiger partial charge in [0.15, 0.2) is 0 Å². The van der Waals surface area contributed by atoms with Crippen molar-refractivity contribution in [1.29, 1.82) is 0 Å². The second-order valence-electron chi connectivity index (χ2n) is 8.42. The molecule has 1 saturated carbocycles. The number of rotatable bonds is 6. The maximum atomic E-state index is 13.4. The van der Waals surface area contributed by atoms with Crippen molar-refractivity contribution in [2.45, 2.75) is 45.1 Å². The van der Waals surface area contributed by atoms with Gasteiger partial charge in [-0.1, -0.05) is 44.5 Å². The van der Waals surface area contributed by atoms with Crippen molar-refractivity contribution >= 4 is 23.2 Å². The van der Waals surface area contributed by atoms with E-state index in [0.717, 1.165) is 17.0 Å². The second-order valence-corrected chi connectivity index (χ2v) is 9.40. The fraction of sp³-hybridized carbons (Fsp3) is 0.478. The Kier molecular flexibility index (Phi) is 5.54. The quantitative estimate of drug-likeness (QED) is 0.776. The maximum Gasteiger partial charge on any atom is 0.254 e. The molecule has 1 aromatic carbocycles. The van der Waals surface area contributed by atoms with E-state index in [-0.39, 0.29) is 23.8 Å². The molecule has 1 aliphatic heterocycles. The van der Waals surface area contributed by atoms with Gasteiger partial charge in [0.1, 0.15) is 0 Å². The Hall–Kier alpha value is -2.14. The maximum absolute atomic E-state index is 13.4. The topological polar surface area (TPSA) is 49.4 Å². The SMILES string of the molecule is CC(C)CN1C(=O)c2ccccc2[C@H](C(=O)NCC2CCC2)[C@H]1c1cccs1. The summed E-state index contributed by atoms with van der Waals surface area (Å²) in [5, 5.41) is 5.23. The van der Waals surface area contributed by atoms with Crippen molar-refractivity contribution in [1.82, 2.24) is 10.2 Å². The number of carbonyl (C=O) groups is 2. The molecule has 4 nitrogen and oxygen atoms in total. The summed E-state index contributed by atoms with van der Waals surface area (Å²) >= 11 is 1.62. The van der Waals surface area contributed by atoms with Gasteiger partial charge < -0.3 is 10.2 Å². The van der Waals surface area contributed by atoms with Gasteiger partial charge in [0.25, 0.3) is 5.91 Å². The van der Waals surface area contributed by atoms with Crippen LogP contribution in [0.25, 0.3) is 0 Å². The first-order valence-corrected chi connectivity index (χ1v) is 11.1. The van der Waals surface area contributed by atoms with Crippen molar-refractivity contribution in [3.63, 3.8) is 0 Å². The molecule has 1 aliphatic carbocycles. The second kappa shape index (κ2) is 8.08. The van der Waals surface area contributed by atoms with Crippen molar-refractivity contribution in [2.75, 3.05) is 13.1 Å². The smallest absolute Gasteiger partial charge is 0.254 e. The van der Waals surface area contributed by atoms with E-state index in [9.17, 15) is 9.59 Å². The Bertz CT molecular complexity index is 842. The summed E-state index contributed by atoms with van der Waals surface area (Å²) in [7, 11) is 0. The lowest BCUT2D eigenvalue weighted by molar-refractivity contribution is -0.124. The Morgan fingerprint density at radius 3 is 2.64 bits per heavy atom. The number of thiophene rings is 1. The summed E-state index contributed by atoms with van der Waals surface area (Å²) in [5.41, 5.74) is 1.52. The van der Waals surface area contributed by atoms with Crippen LogP contribution in [0.1, 0.15) is 65.9 Å². The molecule has 0 bridgehead atoms. The molecule has 0 unspecified atom stereocenters. The molecule has 4 rings (SSSR count). The van der Waals surface area contributed by atoms with Crippen LogP contribution in [-0.4, -0.2) is 29.8 Å². The third-order valence-corrected chi connectivity index (χ3v) is 6.85. The normalized spacial score (nSPS) is 22.1. The highest BCUT2D eigenvalue weighted by atomic mass is 32.1. The van der Waals surface area contributed by atoms with Gasteiger partial charge in [0, 0.05) is 23.5 Å². The summed E-state index contributed by atoms with van der Waals surface area (Å²) in [5.74, 6) is 0.642. The van der Waals surface area contributed by atoms with Gasteiger partial charge in [0.05, 0.1) is 12.0 Å². The highest BCUT2D eigenvalue weighted by Crippen LogP contribution is 2.44. The van der Waals surface area contributed by atoms with Crippen molar-refractivity contribution in [2.24, 2.45) is 11.8 Å². The van der Waals surface area contributed by atoms with Gasteiger partial charge in [-0.3, -0.25) is 9.59 Å². The first-order valence-electron chi connectivity index (χ1n) is 10.3. The molecule has 1 aromatic heterocycles. The van der Waals surface area contributed by atoms with Crippen LogP contribution in [0.4, 0.5) is 0 Å². The average molecular weight is 397 g/mol. The molecule has 1 fully saturated rings. The molecule has 0 spiro atoms. The van der Waals surface area contributed by atoms with Crippen molar-refractivity contribution in [3.8, 4) is 0 Å². The van der Waals surface area contributed by atoms with Crippen LogP contribution >= 0.6 is 11.3 Å². The number of fused-ring (bicyclic) bond motifs is 1. The fourth-order valence-electron chi connectivity index (χ4n) is 4.30. The molecule has 1 N–H and O–H groups in total. The summed E-state index contributed by atoms with van der Waals surface area (Å²) < 4.78 is 0. The van der Waals surface area contributed by atoms with E-state index in [0.29, 0.717) is 23.9 Å². The molecule has 0 saturated heterocycles.